The second-order valence-corrected chi connectivity index (χ2v) is 6.35. The second kappa shape index (κ2) is 5.78. The van der Waals surface area contributed by atoms with Crippen LogP contribution in [0.2, 0.25) is 0 Å². The van der Waals surface area contributed by atoms with Crippen LogP contribution in [0.15, 0.2) is 11.6 Å². The van der Waals surface area contributed by atoms with Gasteiger partial charge in [0.05, 0.1) is 12.0 Å². The van der Waals surface area contributed by atoms with Gasteiger partial charge in [0, 0.05) is 24.7 Å². The number of aromatic nitrogens is 1. The molecule has 6 nitrogen and oxygen atoms in total. The van der Waals surface area contributed by atoms with Crippen molar-refractivity contribution in [2.24, 2.45) is 11.3 Å². The molecule has 1 saturated heterocycles. The van der Waals surface area contributed by atoms with Gasteiger partial charge < -0.3 is 15.3 Å². The summed E-state index contributed by atoms with van der Waals surface area (Å²) in [6.07, 6.45) is 2.20. The Balaban J connectivity index is 1.94. The number of hydrogen-bond acceptors (Lipinski definition) is 4. The van der Waals surface area contributed by atoms with E-state index in [2.05, 4.69) is 10.3 Å². The molecule has 0 bridgehead atoms. The lowest BCUT2D eigenvalue weighted by molar-refractivity contribution is -0.150. The van der Waals surface area contributed by atoms with Gasteiger partial charge in [0.1, 0.15) is 5.01 Å². The Bertz CT molecular complexity index is 489. The van der Waals surface area contributed by atoms with Gasteiger partial charge in [0.2, 0.25) is 0 Å². The van der Waals surface area contributed by atoms with E-state index in [1.807, 2.05) is 19.2 Å². The van der Waals surface area contributed by atoms with Crippen molar-refractivity contribution in [3.05, 3.63) is 16.6 Å². The van der Waals surface area contributed by atoms with E-state index >= 15 is 0 Å². The van der Waals surface area contributed by atoms with Crippen LogP contribution in [-0.4, -0.2) is 40.1 Å². The van der Waals surface area contributed by atoms with Crippen molar-refractivity contribution in [1.29, 1.82) is 0 Å². The molecule has 110 valence electrons. The number of likely N-dealkylation sites (tertiary alicyclic amines) is 1. The van der Waals surface area contributed by atoms with Gasteiger partial charge in [-0.15, -0.1) is 11.3 Å². The molecule has 2 N–H and O–H groups in total. The maximum Gasteiger partial charge on any atom is 0.317 e. The highest BCUT2D eigenvalue weighted by atomic mass is 32.1. The third-order valence-corrected chi connectivity index (χ3v) is 4.77. The zero-order valence-corrected chi connectivity index (χ0v) is 12.4. The number of nitrogens with zero attached hydrogens (tertiary/aromatic N) is 2. The summed E-state index contributed by atoms with van der Waals surface area (Å²) >= 11 is 1.48. The summed E-state index contributed by atoms with van der Waals surface area (Å²) in [5, 5.41) is 14.9. The van der Waals surface area contributed by atoms with E-state index in [1.54, 1.807) is 11.1 Å². The summed E-state index contributed by atoms with van der Waals surface area (Å²) in [6, 6.07) is -0.219. The number of aliphatic carboxylic acids is 1. The molecule has 2 rings (SSSR count). The summed E-state index contributed by atoms with van der Waals surface area (Å²) < 4.78 is 0. The van der Waals surface area contributed by atoms with Crippen molar-refractivity contribution in [3.63, 3.8) is 0 Å². The molecule has 2 amide bonds. The molecule has 1 aliphatic rings. The number of carboxylic acids is 1. The normalized spacial score (nSPS) is 22.2. The van der Waals surface area contributed by atoms with Crippen molar-refractivity contribution < 1.29 is 14.7 Å². The van der Waals surface area contributed by atoms with E-state index in [4.69, 9.17) is 0 Å². The Morgan fingerprint density at radius 1 is 1.60 bits per heavy atom. The van der Waals surface area contributed by atoms with Crippen LogP contribution in [0.5, 0.6) is 0 Å². The predicted molar refractivity (Wildman–Crippen MR) is 75.4 cm³/mol. The largest absolute Gasteiger partial charge is 0.481 e. The molecule has 20 heavy (non-hydrogen) atoms. The van der Waals surface area contributed by atoms with Crippen molar-refractivity contribution in [3.8, 4) is 0 Å². The van der Waals surface area contributed by atoms with E-state index in [9.17, 15) is 14.7 Å². The number of carbonyl (C=O) groups is 2. The molecule has 1 aromatic rings. The van der Waals surface area contributed by atoms with Gasteiger partial charge in [-0.05, 0) is 12.3 Å². The van der Waals surface area contributed by atoms with Crippen molar-refractivity contribution in [2.75, 3.05) is 13.1 Å². The molecule has 1 atom stereocenters. The molecule has 2 heterocycles. The quantitative estimate of drug-likeness (QED) is 0.887. The summed E-state index contributed by atoms with van der Waals surface area (Å²) in [7, 11) is 0. The van der Waals surface area contributed by atoms with Gasteiger partial charge in [-0.25, -0.2) is 9.78 Å². The first-order valence-electron chi connectivity index (χ1n) is 6.60. The van der Waals surface area contributed by atoms with Crippen LogP contribution in [0.4, 0.5) is 4.79 Å². The van der Waals surface area contributed by atoms with Gasteiger partial charge in [-0.2, -0.15) is 0 Å². The number of hydrogen-bond donors (Lipinski definition) is 2. The molecule has 0 aliphatic carbocycles. The van der Waals surface area contributed by atoms with Gasteiger partial charge in [-0.1, -0.05) is 13.8 Å². The predicted octanol–water partition coefficient (Wildman–Crippen LogP) is 1.79. The topological polar surface area (TPSA) is 82.5 Å². The molecular weight excluding hydrogens is 278 g/mol. The molecule has 0 saturated carbocycles. The summed E-state index contributed by atoms with van der Waals surface area (Å²) in [5.41, 5.74) is -0.821. The molecule has 1 aliphatic heterocycles. The first-order valence-corrected chi connectivity index (χ1v) is 7.48. The monoisotopic (exact) mass is 297 g/mol. The third kappa shape index (κ3) is 2.77. The molecule has 1 unspecified atom stereocenters. The van der Waals surface area contributed by atoms with Crippen LogP contribution in [-0.2, 0) is 11.3 Å². The average molecular weight is 297 g/mol. The Hall–Kier alpha value is -1.63. The zero-order valence-electron chi connectivity index (χ0n) is 11.6. The van der Waals surface area contributed by atoms with E-state index in [1.165, 1.54) is 11.3 Å². The first kappa shape index (κ1) is 14.8. The fourth-order valence-corrected chi connectivity index (χ4v) is 3.06. The highest BCUT2D eigenvalue weighted by Gasteiger charge is 2.48. The molecule has 0 spiro atoms. The van der Waals surface area contributed by atoms with Gasteiger partial charge >= 0.3 is 12.0 Å². The zero-order chi connectivity index (χ0) is 14.8. The molecule has 1 fully saturated rings. The first-order chi connectivity index (χ1) is 9.45. The van der Waals surface area contributed by atoms with Gasteiger partial charge in [0.25, 0.3) is 0 Å². The van der Waals surface area contributed by atoms with Crippen molar-refractivity contribution >= 4 is 23.3 Å². The van der Waals surface area contributed by atoms with Crippen LogP contribution in [0, 0.1) is 11.3 Å². The molecule has 0 radical (unpaired) electrons. The minimum Gasteiger partial charge on any atom is -0.481 e. The number of nitrogens with one attached hydrogen (secondary N) is 1. The second-order valence-electron chi connectivity index (χ2n) is 5.37. The van der Waals surface area contributed by atoms with Crippen LogP contribution in [0.3, 0.4) is 0 Å². The fourth-order valence-electron chi connectivity index (χ4n) is 2.50. The van der Waals surface area contributed by atoms with Crippen LogP contribution in [0.1, 0.15) is 25.3 Å². The third-order valence-electron chi connectivity index (χ3n) is 3.99. The van der Waals surface area contributed by atoms with E-state index in [0.29, 0.717) is 19.5 Å². The smallest absolute Gasteiger partial charge is 0.317 e. The lowest BCUT2D eigenvalue weighted by Gasteiger charge is -2.28. The molecular formula is C13H19N3O3S. The average Bonchev–Trinajstić information content (AvgIpc) is 3.05. The molecule has 0 aromatic carbocycles. The SMILES string of the molecule is CC(C)C1(C(=O)O)CCN(C(=O)NCc2nccs2)C1. The summed E-state index contributed by atoms with van der Waals surface area (Å²) in [5.74, 6) is -0.820. The Morgan fingerprint density at radius 2 is 2.35 bits per heavy atom. The maximum atomic E-state index is 12.1. The number of thiazole rings is 1. The Kier molecular flexibility index (Phi) is 4.27. The highest BCUT2D eigenvalue weighted by Crippen LogP contribution is 2.38. The fraction of sp³-hybridized carbons (Fsp3) is 0.615. The Labute approximate surface area is 121 Å². The number of carbonyl (C=O) groups excluding carboxylic acids is 1. The van der Waals surface area contributed by atoms with Crippen LogP contribution < -0.4 is 5.32 Å². The van der Waals surface area contributed by atoms with Crippen molar-refractivity contribution in [2.45, 2.75) is 26.8 Å². The standard InChI is InChI=1S/C13H19N3O3S/c1-9(2)13(11(17)18)3-5-16(8-13)12(19)15-7-10-14-4-6-20-10/h4,6,9H,3,5,7-8H2,1-2H3,(H,15,19)(H,17,18). The van der Waals surface area contributed by atoms with Crippen molar-refractivity contribution in [1.82, 2.24) is 15.2 Å². The summed E-state index contributed by atoms with van der Waals surface area (Å²) in [6.45, 7) is 4.92. The number of urea groups is 1. The van der Waals surface area contributed by atoms with Gasteiger partial charge in [0.15, 0.2) is 0 Å². The lowest BCUT2D eigenvalue weighted by Crippen LogP contribution is -2.43. The van der Waals surface area contributed by atoms with E-state index in [0.717, 1.165) is 5.01 Å². The highest BCUT2D eigenvalue weighted by molar-refractivity contribution is 7.09. The lowest BCUT2D eigenvalue weighted by atomic mass is 9.76. The number of amides is 2. The minimum atomic E-state index is -0.821. The summed E-state index contributed by atoms with van der Waals surface area (Å²) in [4.78, 5) is 29.3. The number of rotatable bonds is 4. The van der Waals surface area contributed by atoms with E-state index < -0.39 is 11.4 Å². The van der Waals surface area contributed by atoms with E-state index in [-0.39, 0.29) is 18.5 Å². The molecule has 7 heteroatoms. The number of carboxylic acid groups (broad SMARTS) is 1. The van der Waals surface area contributed by atoms with Crippen LogP contribution in [0.25, 0.3) is 0 Å². The Morgan fingerprint density at radius 3 is 2.85 bits per heavy atom. The minimum absolute atomic E-state index is 0.00300. The van der Waals surface area contributed by atoms with Gasteiger partial charge in [-0.3, -0.25) is 4.79 Å². The van der Waals surface area contributed by atoms with Crippen LogP contribution >= 0.6 is 11.3 Å². The molecule has 1 aromatic heterocycles. The maximum absolute atomic E-state index is 12.1.